The molecule has 3 saturated heterocycles. The van der Waals surface area contributed by atoms with Gasteiger partial charge in [-0.25, -0.2) is 19.2 Å². The Bertz CT molecular complexity index is 2740. The summed E-state index contributed by atoms with van der Waals surface area (Å²) in [6.45, 7) is 5.06. The first-order valence-electron chi connectivity index (χ1n) is 28.8. The smallest absolute Gasteiger partial charge is 0.338 e. The molecule has 0 bridgehead atoms. The Labute approximate surface area is 488 Å². The summed E-state index contributed by atoms with van der Waals surface area (Å²) in [5.41, 5.74) is 0.381. The molecular weight excluding hydrogens is 1090 g/mol. The van der Waals surface area contributed by atoms with Gasteiger partial charge in [0.15, 0.2) is 30.9 Å². The maximum atomic E-state index is 14.5. The molecule has 7 rings (SSSR count). The molecule has 0 radical (unpaired) electrons. The number of hydrogen-bond donors (Lipinski definition) is 3. The van der Waals surface area contributed by atoms with Gasteiger partial charge in [-0.1, -0.05) is 125 Å². The standard InChI is InChI=1S/C63H77NO20/c1-5-6-7-8-9-10-11-24-35-64-36-47(78-41(4)66)54(53(83-62-52(70)51(69)50(68)40(3)77-62)46(64)37-75-58(71)42-25-16-12-17-26-42)84-63-57(82-61(74)45-31-22-15-23-32-45)56(80-49(67)34-33-39(2)65)55(81-60(73)44-29-20-14-21-30-44)48(79-63)38-76-59(72)43-27-18-13-19-28-43/h12-23,25-32,40,46-48,50-57,62-63,68-70H,5-11,24,33-38H2,1-4H3/t40-,46+,47-,48+,50+,51+,52-,53+,54+,55-,56-,57+,62-,63-/m0/s1. The fourth-order valence-corrected chi connectivity index (χ4v) is 10.3. The van der Waals surface area contributed by atoms with Crippen molar-refractivity contribution in [3.63, 3.8) is 0 Å². The Morgan fingerprint density at radius 3 is 1.51 bits per heavy atom. The van der Waals surface area contributed by atoms with Gasteiger partial charge < -0.3 is 67.5 Å². The molecule has 3 fully saturated rings. The van der Waals surface area contributed by atoms with E-state index in [9.17, 15) is 48.9 Å². The molecule has 0 saturated carbocycles. The third kappa shape index (κ3) is 18.3. The van der Waals surface area contributed by atoms with Crippen LogP contribution in [0.4, 0.5) is 0 Å². The zero-order valence-electron chi connectivity index (χ0n) is 47.8. The summed E-state index contributed by atoms with van der Waals surface area (Å²) in [6, 6.07) is 30.4. The van der Waals surface area contributed by atoms with E-state index >= 15 is 0 Å². The van der Waals surface area contributed by atoms with Crippen LogP contribution >= 0.6 is 0 Å². The number of benzene rings is 4. The van der Waals surface area contributed by atoms with E-state index in [0.717, 1.165) is 51.9 Å². The molecule has 3 aliphatic heterocycles. The Morgan fingerprint density at radius 1 is 0.500 bits per heavy atom. The number of ketones is 1. The molecule has 0 unspecified atom stereocenters. The topological polar surface area (TPSA) is 276 Å². The SMILES string of the molecule is CCCCCCCCCCN1C[C@H](OC(C)=O)[C@@H](O[C@@H]2O[C@H](COC(=O)c3ccccc3)[C@H](OC(=O)c3ccccc3)[C@H](OC(=O)CCC(C)=O)[C@H]2OC(=O)c2ccccc2)[C@H](O[C@@H]2O[C@@H](C)[C@@H](O)[C@@H](O)[C@@H]2O)[C@H]1COC(=O)c1ccccc1. The number of carbonyl (C=O) groups excluding carboxylic acids is 7. The van der Waals surface area contributed by atoms with Gasteiger partial charge in [0.25, 0.3) is 0 Å². The first-order chi connectivity index (χ1) is 40.5. The summed E-state index contributed by atoms with van der Waals surface area (Å²) in [5, 5.41) is 33.6. The lowest BCUT2D eigenvalue weighted by molar-refractivity contribution is -0.354. The van der Waals surface area contributed by atoms with Gasteiger partial charge in [-0.05, 0) is 75.3 Å². The van der Waals surface area contributed by atoms with Crippen molar-refractivity contribution < 1.29 is 96.2 Å². The van der Waals surface area contributed by atoms with E-state index in [1.54, 1.807) is 84.9 Å². The molecule has 3 aliphatic rings. The fraction of sp³-hybridized carbons (Fsp3) is 0.508. The van der Waals surface area contributed by atoms with Crippen LogP contribution in [0.1, 0.15) is 133 Å². The molecule has 21 heteroatoms. The second-order valence-electron chi connectivity index (χ2n) is 21.2. The van der Waals surface area contributed by atoms with Crippen LogP contribution < -0.4 is 0 Å². The van der Waals surface area contributed by atoms with Crippen LogP contribution in [0.5, 0.6) is 0 Å². The van der Waals surface area contributed by atoms with Crippen LogP contribution in [0.2, 0.25) is 0 Å². The Kier molecular flexibility index (Phi) is 24.9. The predicted molar refractivity (Wildman–Crippen MR) is 299 cm³/mol. The minimum Gasteiger partial charge on any atom is -0.460 e. The monoisotopic (exact) mass is 1170 g/mol. The molecule has 21 nitrogen and oxygen atoms in total. The highest BCUT2D eigenvalue weighted by atomic mass is 16.8. The maximum Gasteiger partial charge on any atom is 0.338 e. The number of likely N-dealkylation sites (tertiary alicyclic amines) is 1. The number of aliphatic hydroxyl groups excluding tert-OH is 3. The van der Waals surface area contributed by atoms with E-state index in [1.165, 1.54) is 50.2 Å². The van der Waals surface area contributed by atoms with Gasteiger partial charge in [0.2, 0.25) is 0 Å². The Balaban J connectivity index is 1.37. The number of aliphatic hydroxyl groups is 3. The quantitative estimate of drug-likeness (QED) is 0.0310. The van der Waals surface area contributed by atoms with Crippen molar-refractivity contribution >= 4 is 41.6 Å². The number of hydrogen-bond acceptors (Lipinski definition) is 21. The summed E-state index contributed by atoms with van der Waals surface area (Å²) in [6.07, 6.45) is -15.0. The van der Waals surface area contributed by atoms with Crippen molar-refractivity contribution in [3.8, 4) is 0 Å². The summed E-state index contributed by atoms with van der Waals surface area (Å²) in [5.74, 6) is -5.71. The number of Topliss-reactive ketones (excluding diaryl/α,β-unsaturated/α-hetero) is 1. The van der Waals surface area contributed by atoms with E-state index in [4.69, 9.17) is 47.4 Å². The van der Waals surface area contributed by atoms with E-state index < -0.39 is 141 Å². The molecular formula is C63H77NO20. The first-order valence-corrected chi connectivity index (χ1v) is 28.8. The normalized spacial score (nSPS) is 26.9. The number of nitrogens with zero attached hydrogens (tertiary/aromatic N) is 1. The summed E-state index contributed by atoms with van der Waals surface area (Å²) < 4.78 is 63.2. The molecule has 0 aromatic heterocycles. The molecule has 0 spiro atoms. The van der Waals surface area contributed by atoms with E-state index in [1.807, 2.05) is 4.90 Å². The number of carbonyl (C=O) groups is 7. The average molecular weight is 1170 g/mol. The zero-order valence-corrected chi connectivity index (χ0v) is 47.8. The van der Waals surface area contributed by atoms with Crippen molar-refractivity contribution in [2.45, 2.75) is 178 Å². The summed E-state index contributed by atoms with van der Waals surface area (Å²) in [4.78, 5) is 98.0. The van der Waals surface area contributed by atoms with Gasteiger partial charge in [-0.3, -0.25) is 14.5 Å². The third-order valence-electron chi connectivity index (χ3n) is 14.8. The van der Waals surface area contributed by atoms with Crippen LogP contribution in [0, 0.1) is 0 Å². The van der Waals surface area contributed by atoms with Gasteiger partial charge in [-0.15, -0.1) is 0 Å². The molecule has 0 aliphatic carbocycles. The van der Waals surface area contributed by atoms with Gasteiger partial charge in [0.1, 0.15) is 61.7 Å². The lowest BCUT2D eigenvalue weighted by atomic mass is 9.91. The van der Waals surface area contributed by atoms with Gasteiger partial charge in [0, 0.05) is 19.9 Å². The molecule has 4 aromatic rings. The van der Waals surface area contributed by atoms with Crippen molar-refractivity contribution in [3.05, 3.63) is 144 Å². The molecule has 14 atom stereocenters. The number of rotatable bonds is 28. The van der Waals surface area contributed by atoms with E-state index in [2.05, 4.69) is 6.92 Å². The highest BCUT2D eigenvalue weighted by Gasteiger charge is 2.58. The van der Waals surface area contributed by atoms with E-state index in [-0.39, 0.29) is 41.0 Å². The van der Waals surface area contributed by atoms with Crippen LogP contribution in [0.15, 0.2) is 121 Å². The first kappa shape index (κ1) is 64.6. The zero-order chi connectivity index (χ0) is 60.1. The summed E-state index contributed by atoms with van der Waals surface area (Å²) in [7, 11) is 0. The molecule has 3 N–H and O–H groups in total. The predicted octanol–water partition coefficient (Wildman–Crippen LogP) is 6.51. The number of unbranched alkanes of at least 4 members (excludes halogenated alkanes) is 7. The molecule has 84 heavy (non-hydrogen) atoms. The Morgan fingerprint density at radius 2 is 0.988 bits per heavy atom. The van der Waals surface area contributed by atoms with Crippen molar-refractivity contribution in [2.75, 3.05) is 26.3 Å². The van der Waals surface area contributed by atoms with Crippen molar-refractivity contribution in [1.29, 1.82) is 0 Å². The van der Waals surface area contributed by atoms with E-state index in [0.29, 0.717) is 13.0 Å². The van der Waals surface area contributed by atoms with Crippen LogP contribution in [0.3, 0.4) is 0 Å². The molecule has 454 valence electrons. The minimum atomic E-state index is -2.00. The maximum absolute atomic E-state index is 14.5. The second kappa shape index (κ2) is 32.4. The van der Waals surface area contributed by atoms with Crippen LogP contribution in [-0.4, -0.2) is 174 Å². The fourth-order valence-electron chi connectivity index (χ4n) is 10.3. The summed E-state index contributed by atoms with van der Waals surface area (Å²) >= 11 is 0. The van der Waals surface area contributed by atoms with Gasteiger partial charge >= 0.3 is 35.8 Å². The Hall–Kier alpha value is -6.95. The van der Waals surface area contributed by atoms with Crippen LogP contribution in [0.25, 0.3) is 0 Å². The van der Waals surface area contributed by atoms with Crippen LogP contribution in [-0.2, 0) is 61.8 Å². The highest BCUT2D eigenvalue weighted by molar-refractivity contribution is 5.91. The van der Waals surface area contributed by atoms with Crippen molar-refractivity contribution in [1.82, 2.24) is 4.90 Å². The number of ether oxygens (including phenoxy) is 10. The van der Waals surface area contributed by atoms with Gasteiger partial charge in [0.05, 0.1) is 40.8 Å². The minimum absolute atomic E-state index is 0.00140. The second-order valence-corrected chi connectivity index (χ2v) is 21.2. The molecule has 4 aromatic carbocycles. The van der Waals surface area contributed by atoms with Crippen molar-refractivity contribution in [2.24, 2.45) is 0 Å². The lowest BCUT2D eigenvalue weighted by Gasteiger charge is -2.51. The number of piperidine rings is 1. The lowest BCUT2D eigenvalue weighted by Crippen LogP contribution is -2.69. The average Bonchev–Trinajstić information content (AvgIpc) is 2.82. The molecule has 0 amide bonds. The largest absolute Gasteiger partial charge is 0.460 e. The molecule has 3 heterocycles. The highest BCUT2D eigenvalue weighted by Crippen LogP contribution is 2.37. The third-order valence-corrected chi connectivity index (χ3v) is 14.8. The number of esters is 6. The van der Waals surface area contributed by atoms with Gasteiger partial charge in [-0.2, -0.15) is 0 Å².